The second kappa shape index (κ2) is 9.18. The average molecular weight is 532 g/mol. The number of guanidine groups is 1. The molecule has 29 heavy (non-hydrogen) atoms. The van der Waals surface area contributed by atoms with Crippen LogP contribution in [-0.2, 0) is 11.2 Å². The van der Waals surface area contributed by atoms with E-state index < -0.39 is 0 Å². The molecule has 2 N–H and O–H groups in total. The van der Waals surface area contributed by atoms with Gasteiger partial charge in [0.25, 0.3) is 0 Å². The standard InChI is InChI=1S/C20H26ClN5O2.HI/c1-20(2)16(14-9-11-27-17(14)20)25-19(22-3)23-10-8-15-24-18(26-28-15)12-4-6-13(21)7-5-12;/h4-7,14,16-17H,8-11H2,1-3H3,(H2,22,23,25);1H. The van der Waals surface area contributed by atoms with E-state index in [-0.39, 0.29) is 29.4 Å². The van der Waals surface area contributed by atoms with E-state index in [4.69, 9.17) is 20.9 Å². The molecule has 1 aromatic heterocycles. The van der Waals surface area contributed by atoms with Crippen molar-refractivity contribution in [1.82, 2.24) is 20.8 Å². The molecule has 0 bridgehead atoms. The van der Waals surface area contributed by atoms with Crippen molar-refractivity contribution < 1.29 is 9.26 Å². The van der Waals surface area contributed by atoms with E-state index in [1.807, 2.05) is 24.3 Å². The van der Waals surface area contributed by atoms with Crippen molar-refractivity contribution in [1.29, 1.82) is 0 Å². The molecule has 7 nitrogen and oxygen atoms in total. The largest absolute Gasteiger partial charge is 0.377 e. The number of aliphatic imine (C=N–C) groups is 1. The molecule has 1 saturated carbocycles. The first-order valence-corrected chi connectivity index (χ1v) is 10.0. The maximum atomic E-state index is 5.92. The number of fused-ring (bicyclic) bond motifs is 1. The summed E-state index contributed by atoms with van der Waals surface area (Å²) in [6, 6.07) is 7.74. The summed E-state index contributed by atoms with van der Waals surface area (Å²) in [5.41, 5.74) is 0.990. The van der Waals surface area contributed by atoms with Gasteiger partial charge in [-0.15, -0.1) is 24.0 Å². The van der Waals surface area contributed by atoms with Crippen LogP contribution in [0.1, 0.15) is 26.2 Å². The van der Waals surface area contributed by atoms with Crippen molar-refractivity contribution in [2.24, 2.45) is 16.3 Å². The highest BCUT2D eigenvalue weighted by Gasteiger charge is 2.59. The lowest BCUT2D eigenvalue weighted by Gasteiger charge is -2.54. The minimum Gasteiger partial charge on any atom is -0.377 e. The highest BCUT2D eigenvalue weighted by molar-refractivity contribution is 14.0. The number of nitrogens with one attached hydrogen (secondary N) is 2. The molecule has 158 valence electrons. The smallest absolute Gasteiger partial charge is 0.228 e. The van der Waals surface area contributed by atoms with Gasteiger partial charge in [-0.1, -0.05) is 30.6 Å². The van der Waals surface area contributed by atoms with E-state index in [0.717, 1.165) is 24.6 Å². The lowest BCUT2D eigenvalue weighted by Crippen LogP contribution is -2.68. The molecule has 2 heterocycles. The molecule has 4 rings (SSSR count). The zero-order valence-corrected chi connectivity index (χ0v) is 19.9. The molecule has 9 heteroatoms. The molecular weight excluding hydrogens is 505 g/mol. The van der Waals surface area contributed by atoms with Crippen LogP contribution >= 0.6 is 35.6 Å². The highest BCUT2D eigenvalue weighted by atomic mass is 127. The summed E-state index contributed by atoms with van der Waals surface area (Å²) in [5, 5.41) is 11.6. The Morgan fingerprint density at radius 2 is 2.07 bits per heavy atom. The fourth-order valence-electron chi connectivity index (χ4n) is 4.32. The van der Waals surface area contributed by atoms with Gasteiger partial charge in [0.2, 0.25) is 11.7 Å². The van der Waals surface area contributed by atoms with Crippen LogP contribution in [0.15, 0.2) is 33.8 Å². The van der Waals surface area contributed by atoms with Gasteiger partial charge in [-0.3, -0.25) is 4.99 Å². The van der Waals surface area contributed by atoms with Gasteiger partial charge in [-0.2, -0.15) is 4.98 Å². The summed E-state index contributed by atoms with van der Waals surface area (Å²) in [7, 11) is 1.79. The lowest BCUT2D eigenvalue weighted by molar-refractivity contribution is -0.106. The van der Waals surface area contributed by atoms with Crippen LogP contribution in [0.5, 0.6) is 0 Å². The summed E-state index contributed by atoms with van der Waals surface area (Å²) >= 11 is 5.92. The van der Waals surface area contributed by atoms with Crippen LogP contribution in [0.3, 0.4) is 0 Å². The normalized spacial score (nSPS) is 25.0. The molecule has 3 unspecified atom stereocenters. The molecule has 2 fully saturated rings. The molecule has 1 aromatic carbocycles. The molecule has 0 amide bonds. The highest BCUT2D eigenvalue weighted by Crippen LogP contribution is 2.52. The van der Waals surface area contributed by atoms with Gasteiger partial charge in [0, 0.05) is 54.6 Å². The molecule has 1 aliphatic carbocycles. The molecule has 0 spiro atoms. The zero-order valence-electron chi connectivity index (χ0n) is 16.8. The van der Waals surface area contributed by atoms with Gasteiger partial charge in [0.15, 0.2) is 5.96 Å². The van der Waals surface area contributed by atoms with Crippen molar-refractivity contribution in [3.05, 3.63) is 35.2 Å². The Hall–Kier alpha value is -1.39. The SMILES string of the molecule is CN=C(NCCc1nc(-c2ccc(Cl)cc2)no1)NC1C2CCOC2C1(C)C.I. The molecule has 2 aliphatic rings. The Balaban J connectivity index is 0.00000240. The number of halogens is 2. The molecule has 1 aliphatic heterocycles. The predicted octanol–water partition coefficient (Wildman–Crippen LogP) is 3.53. The number of hydrogen-bond donors (Lipinski definition) is 2. The summed E-state index contributed by atoms with van der Waals surface area (Å²) in [6.45, 7) is 6.01. The number of ether oxygens (including phenoxy) is 1. The van der Waals surface area contributed by atoms with E-state index in [0.29, 0.717) is 47.8 Å². The first-order valence-electron chi connectivity index (χ1n) is 9.66. The fourth-order valence-corrected chi connectivity index (χ4v) is 4.45. The second-order valence-corrected chi connectivity index (χ2v) is 8.39. The number of rotatable bonds is 5. The van der Waals surface area contributed by atoms with Gasteiger partial charge < -0.3 is 19.9 Å². The monoisotopic (exact) mass is 531 g/mol. The fraction of sp³-hybridized carbons (Fsp3) is 0.550. The van der Waals surface area contributed by atoms with Crippen LogP contribution < -0.4 is 10.6 Å². The topological polar surface area (TPSA) is 84.6 Å². The number of nitrogens with zero attached hydrogens (tertiary/aromatic N) is 3. The van der Waals surface area contributed by atoms with Crippen LogP contribution in [0.25, 0.3) is 11.4 Å². The Morgan fingerprint density at radius 3 is 2.79 bits per heavy atom. The van der Waals surface area contributed by atoms with Gasteiger partial charge in [-0.05, 0) is 30.7 Å². The minimum absolute atomic E-state index is 0. The third kappa shape index (κ3) is 4.54. The van der Waals surface area contributed by atoms with E-state index in [1.165, 1.54) is 0 Å². The molecule has 3 atom stereocenters. The summed E-state index contributed by atoms with van der Waals surface area (Å²) < 4.78 is 11.2. The Kier molecular flexibility index (Phi) is 7.06. The first kappa shape index (κ1) is 22.3. The molecule has 2 aromatic rings. The lowest BCUT2D eigenvalue weighted by atomic mass is 9.57. The first-order chi connectivity index (χ1) is 13.5. The summed E-state index contributed by atoms with van der Waals surface area (Å²) in [5.74, 6) is 2.51. The predicted molar refractivity (Wildman–Crippen MR) is 124 cm³/mol. The van der Waals surface area contributed by atoms with Gasteiger partial charge >= 0.3 is 0 Å². The van der Waals surface area contributed by atoms with Crippen molar-refractivity contribution in [2.45, 2.75) is 38.8 Å². The number of benzene rings is 1. The maximum Gasteiger partial charge on any atom is 0.228 e. The van der Waals surface area contributed by atoms with Gasteiger partial charge in [0.1, 0.15) is 0 Å². The Labute approximate surface area is 193 Å². The van der Waals surface area contributed by atoms with E-state index in [2.05, 4.69) is 39.6 Å². The van der Waals surface area contributed by atoms with E-state index in [9.17, 15) is 0 Å². The molecule has 1 saturated heterocycles. The van der Waals surface area contributed by atoms with Crippen molar-refractivity contribution >= 4 is 41.5 Å². The van der Waals surface area contributed by atoms with Gasteiger partial charge in [-0.25, -0.2) is 0 Å². The Morgan fingerprint density at radius 1 is 1.31 bits per heavy atom. The summed E-state index contributed by atoms with van der Waals surface area (Å²) in [6.07, 6.45) is 2.08. The van der Waals surface area contributed by atoms with Crippen LogP contribution in [-0.4, -0.2) is 48.4 Å². The molecule has 0 radical (unpaired) electrons. The van der Waals surface area contributed by atoms with E-state index in [1.54, 1.807) is 7.05 Å². The van der Waals surface area contributed by atoms with Crippen LogP contribution in [0.4, 0.5) is 0 Å². The number of aromatic nitrogens is 2. The maximum absolute atomic E-state index is 5.92. The van der Waals surface area contributed by atoms with Crippen LogP contribution in [0, 0.1) is 11.3 Å². The second-order valence-electron chi connectivity index (χ2n) is 7.95. The van der Waals surface area contributed by atoms with Crippen molar-refractivity contribution in [3.8, 4) is 11.4 Å². The number of hydrogen-bond acceptors (Lipinski definition) is 5. The Bertz CT molecular complexity index is 855. The van der Waals surface area contributed by atoms with E-state index >= 15 is 0 Å². The van der Waals surface area contributed by atoms with Crippen LogP contribution in [0.2, 0.25) is 5.02 Å². The minimum atomic E-state index is 0. The van der Waals surface area contributed by atoms with Crippen molar-refractivity contribution in [2.75, 3.05) is 20.2 Å². The quantitative estimate of drug-likeness (QED) is 0.349. The zero-order chi connectivity index (χ0) is 19.7. The molecular formula is C20H27ClIN5O2. The summed E-state index contributed by atoms with van der Waals surface area (Å²) in [4.78, 5) is 8.81. The average Bonchev–Trinajstić information content (AvgIpc) is 3.33. The van der Waals surface area contributed by atoms with Gasteiger partial charge in [0.05, 0.1) is 6.10 Å². The third-order valence-corrected chi connectivity index (χ3v) is 6.07. The van der Waals surface area contributed by atoms with Crippen molar-refractivity contribution in [3.63, 3.8) is 0 Å². The third-order valence-electron chi connectivity index (χ3n) is 5.82.